The molecule has 18 heavy (non-hydrogen) atoms. The fraction of sp³-hybridized carbons (Fsp3) is 0.167. The van der Waals surface area contributed by atoms with Crippen molar-refractivity contribution in [1.82, 2.24) is 9.97 Å². The number of rotatable bonds is 3. The molecule has 3 N–H and O–H groups in total. The van der Waals surface area contributed by atoms with Crippen LogP contribution in [-0.2, 0) is 6.42 Å². The van der Waals surface area contributed by atoms with Crippen LogP contribution in [-0.4, -0.2) is 9.97 Å². The largest absolute Gasteiger partial charge is 0.308 e. The Morgan fingerprint density at radius 3 is 2.67 bits per heavy atom. The smallest absolute Gasteiger partial charge is 0.163 e. The maximum absolute atomic E-state index is 6.13. The van der Waals surface area contributed by atoms with Gasteiger partial charge in [0.2, 0.25) is 0 Å². The van der Waals surface area contributed by atoms with Gasteiger partial charge in [-0.15, -0.1) is 0 Å². The Hall–Kier alpha value is -1.36. The van der Waals surface area contributed by atoms with Gasteiger partial charge >= 0.3 is 0 Å². The van der Waals surface area contributed by atoms with Crippen molar-refractivity contribution in [1.29, 1.82) is 0 Å². The van der Waals surface area contributed by atoms with Crippen molar-refractivity contribution in [3.05, 3.63) is 40.0 Å². The minimum absolute atomic E-state index is 0.509. The Morgan fingerprint density at radius 2 is 2.00 bits per heavy atom. The number of nitrogen functional groups attached to an aromatic ring is 1. The number of aromatic nitrogens is 2. The molecule has 1 heterocycles. The molecule has 0 saturated heterocycles. The minimum atomic E-state index is 0.509. The molecule has 6 heteroatoms. The van der Waals surface area contributed by atoms with Crippen molar-refractivity contribution in [3.63, 3.8) is 0 Å². The third kappa shape index (κ3) is 2.72. The van der Waals surface area contributed by atoms with Gasteiger partial charge in [0.15, 0.2) is 5.82 Å². The summed E-state index contributed by atoms with van der Waals surface area (Å²) in [6, 6.07) is 6.97. The highest BCUT2D eigenvalue weighted by atomic mass is 35.5. The van der Waals surface area contributed by atoms with E-state index in [1.807, 2.05) is 6.92 Å². The third-order valence-corrected chi connectivity index (χ3v) is 3.02. The van der Waals surface area contributed by atoms with Crippen LogP contribution in [0.3, 0.4) is 0 Å². The zero-order valence-electron chi connectivity index (χ0n) is 9.74. The molecule has 0 saturated carbocycles. The molecule has 0 amide bonds. The van der Waals surface area contributed by atoms with Crippen LogP contribution in [0.2, 0.25) is 10.0 Å². The number of halogens is 2. The first-order valence-electron chi connectivity index (χ1n) is 5.44. The summed E-state index contributed by atoms with van der Waals surface area (Å²) in [5.41, 5.74) is 4.09. The Kier molecular flexibility index (Phi) is 4.01. The summed E-state index contributed by atoms with van der Waals surface area (Å²) in [4.78, 5) is 8.70. The number of nitrogens with two attached hydrogens (primary N) is 1. The maximum Gasteiger partial charge on any atom is 0.163 e. The molecule has 0 atom stereocenters. The lowest BCUT2D eigenvalue weighted by molar-refractivity contribution is 1.00. The highest BCUT2D eigenvalue weighted by molar-refractivity contribution is 6.35. The highest BCUT2D eigenvalue weighted by Gasteiger charge is 2.10. The summed E-state index contributed by atoms with van der Waals surface area (Å²) < 4.78 is 0. The molecule has 0 aliphatic heterocycles. The summed E-state index contributed by atoms with van der Waals surface area (Å²) in [5.74, 6) is 6.45. The van der Waals surface area contributed by atoms with Gasteiger partial charge in [0.25, 0.3) is 0 Å². The quantitative estimate of drug-likeness (QED) is 0.670. The number of hydrogen-bond donors (Lipinski definition) is 2. The number of nitrogens with zero attached hydrogens (tertiary/aromatic N) is 2. The van der Waals surface area contributed by atoms with E-state index in [4.69, 9.17) is 29.0 Å². The molecule has 0 spiro atoms. The number of hydrogen-bond acceptors (Lipinski definition) is 4. The van der Waals surface area contributed by atoms with Gasteiger partial charge in [-0.1, -0.05) is 30.1 Å². The van der Waals surface area contributed by atoms with Crippen LogP contribution in [0.4, 0.5) is 5.82 Å². The first kappa shape index (κ1) is 13.1. The molecule has 0 aliphatic carbocycles. The van der Waals surface area contributed by atoms with Crippen LogP contribution in [0.5, 0.6) is 0 Å². The number of benzene rings is 1. The van der Waals surface area contributed by atoms with Gasteiger partial charge in [0, 0.05) is 22.3 Å². The number of nitrogens with one attached hydrogen (secondary N) is 1. The van der Waals surface area contributed by atoms with Crippen LogP contribution in [0.25, 0.3) is 11.4 Å². The lowest BCUT2D eigenvalue weighted by Gasteiger charge is -2.08. The van der Waals surface area contributed by atoms with Crippen LogP contribution >= 0.6 is 23.2 Å². The zero-order valence-corrected chi connectivity index (χ0v) is 11.3. The van der Waals surface area contributed by atoms with E-state index < -0.39 is 0 Å². The zero-order chi connectivity index (χ0) is 13.1. The first-order valence-corrected chi connectivity index (χ1v) is 6.19. The predicted molar refractivity (Wildman–Crippen MR) is 74.7 cm³/mol. The molecular formula is C12H12Cl2N4. The average molecular weight is 283 g/mol. The summed E-state index contributed by atoms with van der Waals surface area (Å²) in [6.45, 7) is 2.01. The molecule has 2 rings (SSSR count). The Bertz CT molecular complexity index is 550. The number of hydrazine groups is 1. The van der Waals surface area contributed by atoms with E-state index in [1.54, 1.807) is 24.3 Å². The predicted octanol–water partition coefficient (Wildman–Crippen LogP) is 3.30. The minimum Gasteiger partial charge on any atom is -0.308 e. The van der Waals surface area contributed by atoms with Crippen molar-refractivity contribution in [2.24, 2.45) is 5.84 Å². The van der Waals surface area contributed by atoms with Crippen molar-refractivity contribution >= 4 is 29.0 Å². The SMILES string of the molecule is CCc1cc(NN)nc(-c2cc(Cl)ccc2Cl)n1. The summed E-state index contributed by atoms with van der Waals surface area (Å²) in [7, 11) is 0. The van der Waals surface area contributed by atoms with Gasteiger partial charge < -0.3 is 5.43 Å². The van der Waals surface area contributed by atoms with Crippen molar-refractivity contribution in [2.45, 2.75) is 13.3 Å². The van der Waals surface area contributed by atoms with Crippen LogP contribution in [0.15, 0.2) is 24.3 Å². The standard InChI is InChI=1S/C12H12Cl2N4/c1-2-8-6-11(18-15)17-12(16-8)9-5-7(13)3-4-10(9)14/h3-6H,2,15H2,1H3,(H,16,17,18). The molecule has 0 unspecified atom stereocenters. The molecule has 4 nitrogen and oxygen atoms in total. The molecule has 94 valence electrons. The monoisotopic (exact) mass is 282 g/mol. The summed E-state index contributed by atoms with van der Waals surface area (Å²) in [6.07, 6.45) is 0.780. The van der Waals surface area contributed by atoms with E-state index in [1.165, 1.54) is 0 Å². The molecular weight excluding hydrogens is 271 g/mol. The van der Waals surface area contributed by atoms with Gasteiger partial charge in [-0.2, -0.15) is 0 Å². The highest BCUT2D eigenvalue weighted by Crippen LogP contribution is 2.29. The normalized spacial score (nSPS) is 10.4. The fourth-order valence-electron chi connectivity index (χ4n) is 1.54. The van der Waals surface area contributed by atoms with Gasteiger partial charge in [0.1, 0.15) is 5.82 Å². The lowest BCUT2D eigenvalue weighted by atomic mass is 10.2. The van der Waals surface area contributed by atoms with Crippen molar-refractivity contribution in [2.75, 3.05) is 5.43 Å². The second-order valence-corrected chi connectivity index (χ2v) is 4.53. The van der Waals surface area contributed by atoms with E-state index >= 15 is 0 Å². The van der Waals surface area contributed by atoms with E-state index in [-0.39, 0.29) is 0 Å². The van der Waals surface area contributed by atoms with Crippen LogP contribution < -0.4 is 11.3 Å². The molecule has 1 aromatic carbocycles. The Labute approximate surface area is 115 Å². The summed E-state index contributed by atoms with van der Waals surface area (Å²) >= 11 is 12.1. The number of anilines is 1. The van der Waals surface area contributed by atoms with E-state index in [2.05, 4.69) is 15.4 Å². The van der Waals surface area contributed by atoms with Gasteiger partial charge in [-0.25, -0.2) is 15.8 Å². The average Bonchev–Trinajstić information content (AvgIpc) is 2.40. The number of aryl methyl sites for hydroxylation is 1. The summed E-state index contributed by atoms with van der Waals surface area (Å²) in [5, 5.41) is 1.14. The molecule has 0 aliphatic rings. The van der Waals surface area contributed by atoms with Crippen LogP contribution in [0, 0.1) is 0 Å². The molecule has 2 aromatic rings. The third-order valence-electron chi connectivity index (χ3n) is 2.46. The molecule has 0 bridgehead atoms. The van der Waals surface area contributed by atoms with Gasteiger partial charge in [-0.3, -0.25) is 0 Å². The van der Waals surface area contributed by atoms with E-state index in [0.717, 1.165) is 12.1 Å². The van der Waals surface area contributed by atoms with E-state index in [0.29, 0.717) is 27.3 Å². The van der Waals surface area contributed by atoms with E-state index in [9.17, 15) is 0 Å². The topological polar surface area (TPSA) is 63.8 Å². The van der Waals surface area contributed by atoms with Crippen LogP contribution in [0.1, 0.15) is 12.6 Å². The van der Waals surface area contributed by atoms with Crippen molar-refractivity contribution < 1.29 is 0 Å². The first-order chi connectivity index (χ1) is 8.63. The Balaban J connectivity index is 2.58. The Morgan fingerprint density at radius 1 is 1.22 bits per heavy atom. The van der Waals surface area contributed by atoms with Crippen molar-refractivity contribution in [3.8, 4) is 11.4 Å². The fourth-order valence-corrected chi connectivity index (χ4v) is 1.92. The molecule has 1 aromatic heterocycles. The maximum atomic E-state index is 6.13. The second-order valence-electron chi connectivity index (χ2n) is 3.69. The second kappa shape index (κ2) is 5.52. The van der Waals surface area contributed by atoms with Gasteiger partial charge in [0.05, 0.1) is 5.02 Å². The molecule has 0 radical (unpaired) electrons. The molecule has 0 fully saturated rings. The van der Waals surface area contributed by atoms with Gasteiger partial charge in [-0.05, 0) is 24.6 Å². The lowest BCUT2D eigenvalue weighted by Crippen LogP contribution is -2.10.